The Kier molecular flexibility index (Phi) is 1.54. The second-order valence-electron chi connectivity index (χ2n) is 3.77. The van der Waals surface area contributed by atoms with Crippen LogP contribution in [0.1, 0.15) is 5.56 Å². The molecule has 1 radical (unpaired) electrons. The minimum Gasteiger partial charge on any atom is -0.0737 e. The predicted octanol–water partition coefficient (Wildman–Crippen LogP) is 1.63. The molecule has 65 valence electrons. The van der Waals surface area contributed by atoms with Crippen molar-refractivity contribution in [2.24, 2.45) is 0 Å². The summed E-state index contributed by atoms with van der Waals surface area (Å²) in [6.07, 6.45) is 0. The third-order valence-corrected chi connectivity index (χ3v) is 2.85. The minimum absolute atomic E-state index is 1.34. The fraction of sp³-hybridized carbons (Fsp3) is 0.0769. The number of fused-ring (bicyclic) bond motifs is 3. The topological polar surface area (TPSA) is 0 Å². The van der Waals surface area contributed by atoms with E-state index in [9.17, 15) is 0 Å². The third-order valence-electron chi connectivity index (χ3n) is 2.85. The van der Waals surface area contributed by atoms with Crippen molar-refractivity contribution in [3.8, 4) is 11.1 Å². The maximum atomic E-state index is 2.26. The van der Waals surface area contributed by atoms with Gasteiger partial charge in [-0.15, -0.1) is 0 Å². The Morgan fingerprint density at radius 2 is 1.64 bits per heavy atom. The van der Waals surface area contributed by atoms with Crippen molar-refractivity contribution >= 4 is 18.2 Å². The first-order chi connectivity index (χ1) is 6.86. The summed E-state index contributed by atoms with van der Waals surface area (Å²) in [6.45, 7) is 2.18. The molecular formula is C13H10B. The SMILES string of the molecule is Cc1cccc2c1-c1ccccc1[B]2. The quantitative estimate of drug-likeness (QED) is 0.458. The van der Waals surface area contributed by atoms with Gasteiger partial charge in [0.2, 0.25) is 0 Å². The molecule has 1 heterocycles. The molecule has 1 aliphatic rings. The smallest absolute Gasteiger partial charge is 0.0737 e. The van der Waals surface area contributed by atoms with E-state index in [1.165, 1.54) is 27.6 Å². The molecule has 2 aromatic carbocycles. The number of aryl methyl sites for hydroxylation is 1. The monoisotopic (exact) mass is 177 g/mol. The number of hydrogen-bond acceptors (Lipinski definition) is 0. The molecule has 0 saturated carbocycles. The Balaban J connectivity index is 2.35. The number of rotatable bonds is 0. The predicted molar refractivity (Wildman–Crippen MR) is 61.6 cm³/mol. The van der Waals surface area contributed by atoms with Crippen molar-refractivity contribution in [2.45, 2.75) is 6.92 Å². The third kappa shape index (κ3) is 0.956. The molecule has 0 saturated heterocycles. The van der Waals surface area contributed by atoms with E-state index < -0.39 is 0 Å². The van der Waals surface area contributed by atoms with Gasteiger partial charge >= 0.3 is 0 Å². The van der Waals surface area contributed by atoms with E-state index in [1.807, 2.05) is 0 Å². The first-order valence-electron chi connectivity index (χ1n) is 4.90. The van der Waals surface area contributed by atoms with Crippen molar-refractivity contribution in [3.63, 3.8) is 0 Å². The molecule has 1 aliphatic heterocycles. The molecular weight excluding hydrogens is 167 g/mol. The molecule has 0 aromatic heterocycles. The summed E-state index contributed by atoms with van der Waals surface area (Å²) in [5, 5.41) is 0. The van der Waals surface area contributed by atoms with Crippen LogP contribution in [0.2, 0.25) is 0 Å². The lowest BCUT2D eigenvalue weighted by atomic mass is 9.68. The van der Waals surface area contributed by atoms with Gasteiger partial charge in [-0.2, -0.15) is 0 Å². The maximum absolute atomic E-state index is 2.26. The Hall–Kier alpha value is -1.50. The van der Waals surface area contributed by atoms with Gasteiger partial charge in [-0.25, -0.2) is 0 Å². The van der Waals surface area contributed by atoms with Crippen LogP contribution in [0.4, 0.5) is 0 Å². The van der Waals surface area contributed by atoms with Gasteiger partial charge < -0.3 is 0 Å². The van der Waals surface area contributed by atoms with Crippen LogP contribution in [0.15, 0.2) is 42.5 Å². The summed E-state index contributed by atoms with van der Waals surface area (Å²) in [5.74, 6) is 0. The summed E-state index contributed by atoms with van der Waals surface area (Å²) in [6, 6.07) is 15.1. The van der Waals surface area contributed by atoms with Crippen LogP contribution < -0.4 is 10.9 Å². The zero-order chi connectivity index (χ0) is 9.54. The van der Waals surface area contributed by atoms with Crippen LogP contribution in [-0.2, 0) is 0 Å². The minimum atomic E-state index is 1.34. The van der Waals surface area contributed by atoms with Gasteiger partial charge in [0.05, 0.1) is 0 Å². The number of hydrogen-bond donors (Lipinski definition) is 0. The van der Waals surface area contributed by atoms with Crippen LogP contribution >= 0.6 is 0 Å². The van der Waals surface area contributed by atoms with Gasteiger partial charge in [-0.05, 0) is 23.6 Å². The standard InChI is InChI=1S/C13H10B/c1-9-5-4-8-12-13(9)10-6-2-3-7-11(10)14-12/h2-8H,1H3. The average Bonchev–Trinajstić information content (AvgIpc) is 2.57. The highest BCUT2D eigenvalue weighted by atomic mass is 14.1. The van der Waals surface area contributed by atoms with E-state index in [0.717, 1.165) is 0 Å². The lowest BCUT2D eigenvalue weighted by molar-refractivity contribution is 1.49. The van der Waals surface area contributed by atoms with Crippen molar-refractivity contribution < 1.29 is 0 Å². The molecule has 0 fully saturated rings. The van der Waals surface area contributed by atoms with Crippen molar-refractivity contribution in [1.29, 1.82) is 0 Å². The first kappa shape index (κ1) is 7.87. The molecule has 0 unspecified atom stereocenters. The molecule has 1 heteroatoms. The average molecular weight is 177 g/mol. The van der Waals surface area contributed by atoms with Crippen molar-refractivity contribution in [3.05, 3.63) is 48.0 Å². The Morgan fingerprint density at radius 1 is 0.857 bits per heavy atom. The fourth-order valence-electron chi connectivity index (χ4n) is 2.20. The van der Waals surface area contributed by atoms with Gasteiger partial charge in [-0.3, -0.25) is 0 Å². The zero-order valence-electron chi connectivity index (χ0n) is 8.12. The Labute approximate surface area is 84.8 Å². The maximum Gasteiger partial charge on any atom is 0.193 e. The normalized spacial score (nSPS) is 11.8. The Morgan fingerprint density at radius 3 is 2.57 bits per heavy atom. The molecule has 0 atom stereocenters. The second-order valence-corrected chi connectivity index (χ2v) is 3.77. The lowest BCUT2D eigenvalue weighted by Crippen LogP contribution is -2.20. The second kappa shape index (κ2) is 2.75. The van der Waals surface area contributed by atoms with Crippen LogP contribution in [0.3, 0.4) is 0 Å². The summed E-state index contributed by atoms with van der Waals surface area (Å²) >= 11 is 0. The zero-order valence-corrected chi connectivity index (χ0v) is 8.12. The fourth-order valence-corrected chi connectivity index (χ4v) is 2.20. The number of benzene rings is 2. The molecule has 0 bridgehead atoms. The molecule has 3 rings (SSSR count). The molecule has 2 aromatic rings. The molecule has 0 spiro atoms. The largest absolute Gasteiger partial charge is 0.193 e. The highest BCUT2D eigenvalue weighted by Gasteiger charge is 2.19. The summed E-state index contributed by atoms with van der Waals surface area (Å²) in [4.78, 5) is 0. The van der Waals surface area contributed by atoms with E-state index in [4.69, 9.17) is 0 Å². The van der Waals surface area contributed by atoms with E-state index in [2.05, 4.69) is 56.7 Å². The highest BCUT2D eigenvalue weighted by Crippen LogP contribution is 2.22. The summed E-state index contributed by atoms with van der Waals surface area (Å²) in [7, 11) is 2.26. The van der Waals surface area contributed by atoms with Crippen LogP contribution in [0.5, 0.6) is 0 Å². The Bertz CT molecular complexity index is 500. The van der Waals surface area contributed by atoms with Crippen LogP contribution in [0, 0.1) is 6.92 Å². The van der Waals surface area contributed by atoms with Gasteiger partial charge in [0, 0.05) is 0 Å². The van der Waals surface area contributed by atoms with Crippen molar-refractivity contribution in [1.82, 2.24) is 0 Å². The van der Waals surface area contributed by atoms with E-state index in [0.29, 0.717) is 0 Å². The van der Waals surface area contributed by atoms with Crippen LogP contribution in [0.25, 0.3) is 11.1 Å². The lowest BCUT2D eigenvalue weighted by Gasteiger charge is -2.04. The first-order valence-corrected chi connectivity index (χ1v) is 4.90. The summed E-state index contributed by atoms with van der Waals surface area (Å²) in [5.41, 5.74) is 6.84. The highest BCUT2D eigenvalue weighted by molar-refractivity contribution is 6.73. The van der Waals surface area contributed by atoms with Crippen LogP contribution in [-0.4, -0.2) is 7.28 Å². The van der Waals surface area contributed by atoms with Gasteiger partial charge in [0.15, 0.2) is 7.28 Å². The van der Waals surface area contributed by atoms with E-state index in [1.54, 1.807) is 0 Å². The molecule has 0 nitrogen and oxygen atoms in total. The molecule has 0 amide bonds. The van der Waals surface area contributed by atoms with E-state index in [-0.39, 0.29) is 0 Å². The molecule has 14 heavy (non-hydrogen) atoms. The van der Waals surface area contributed by atoms with Gasteiger partial charge in [0.25, 0.3) is 0 Å². The summed E-state index contributed by atoms with van der Waals surface area (Å²) < 4.78 is 0. The van der Waals surface area contributed by atoms with Crippen molar-refractivity contribution in [2.75, 3.05) is 0 Å². The van der Waals surface area contributed by atoms with Gasteiger partial charge in [0.1, 0.15) is 0 Å². The van der Waals surface area contributed by atoms with E-state index >= 15 is 0 Å². The molecule has 0 N–H and O–H groups in total. The molecule has 0 aliphatic carbocycles. The van der Waals surface area contributed by atoms with Gasteiger partial charge in [-0.1, -0.05) is 53.4 Å².